The smallest absolute Gasteiger partial charge is 0.258 e. The summed E-state index contributed by atoms with van der Waals surface area (Å²) >= 11 is 0. The molecular weight excluding hydrogens is 320 g/mol. The van der Waals surface area contributed by atoms with Crippen LogP contribution < -0.4 is 4.74 Å². The Hall–Kier alpha value is -2.89. The second-order valence-corrected chi connectivity index (χ2v) is 6.24. The van der Waals surface area contributed by atoms with Crippen molar-refractivity contribution in [2.75, 3.05) is 0 Å². The Morgan fingerprint density at radius 3 is 2.72 bits per heavy atom. The third-order valence-corrected chi connectivity index (χ3v) is 4.83. The molecule has 0 spiro atoms. The number of ketones is 1. The average Bonchev–Trinajstić information content (AvgIpc) is 3.32. The first-order chi connectivity index (χ1) is 12.1. The van der Waals surface area contributed by atoms with E-state index >= 15 is 0 Å². The zero-order valence-corrected chi connectivity index (χ0v) is 14.1. The topological polar surface area (TPSA) is 78.4 Å². The highest BCUT2D eigenvalue weighted by Gasteiger charge is 2.37. The molecule has 6 heteroatoms. The molecule has 1 aliphatic rings. The SMILES string of the molecule is CCC1(CC)CC(=O)c2cc(-c3nc(-c4ccoc4)no3)ccc2O1. The van der Waals surface area contributed by atoms with Gasteiger partial charge in [-0.05, 0) is 37.1 Å². The average molecular weight is 338 g/mol. The molecule has 0 atom stereocenters. The summed E-state index contributed by atoms with van der Waals surface area (Å²) in [7, 11) is 0. The van der Waals surface area contributed by atoms with Gasteiger partial charge in [-0.15, -0.1) is 0 Å². The first-order valence-electron chi connectivity index (χ1n) is 8.37. The first-order valence-corrected chi connectivity index (χ1v) is 8.37. The number of carbonyl (C=O) groups excluding carboxylic acids is 1. The zero-order chi connectivity index (χ0) is 17.4. The Labute approximate surface area is 144 Å². The van der Waals surface area contributed by atoms with Crippen molar-refractivity contribution in [3.8, 4) is 28.6 Å². The van der Waals surface area contributed by atoms with E-state index in [0.717, 1.165) is 18.4 Å². The summed E-state index contributed by atoms with van der Waals surface area (Å²) in [6, 6.07) is 7.16. The monoisotopic (exact) mass is 338 g/mol. The van der Waals surface area contributed by atoms with E-state index in [1.54, 1.807) is 24.7 Å². The lowest BCUT2D eigenvalue weighted by Gasteiger charge is -2.36. The fourth-order valence-electron chi connectivity index (χ4n) is 3.12. The van der Waals surface area contributed by atoms with E-state index in [1.807, 2.05) is 26.0 Å². The minimum absolute atomic E-state index is 0.0846. The molecule has 3 aromatic rings. The molecule has 1 aliphatic heterocycles. The first kappa shape index (κ1) is 15.6. The standard InChI is InChI=1S/C19H18N2O4/c1-3-19(4-2)10-15(22)14-9-12(5-6-16(14)24-19)18-20-17(21-25-18)13-7-8-23-11-13/h5-9,11H,3-4,10H2,1-2H3. The van der Waals surface area contributed by atoms with Crippen molar-refractivity contribution >= 4 is 5.78 Å². The summed E-state index contributed by atoms with van der Waals surface area (Å²) in [4.78, 5) is 17.0. The van der Waals surface area contributed by atoms with E-state index in [2.05, 4.69) is 10.1 Å². The third-order valence-electron chi connectivity index (χ3n) is 4.83. The Morgan fingerprint density at radius 2 is 2.00 bits per heavy atom. The summed E-state index contributed by atoms with van der Waals surface area (Å²) < 4.78 is 16.5. The van der Waals surface area contributed by atoms with E-state index < -0.39 is 5.60 Å². The number of hydrogen-bond acceptors (Lipinski definition) is 6. The molecule has 6 nitrogen and oxygen atoms in total. The minimum atomic E-state index is -0.398. The van der Waals surface area contributed by atoms with Gasteiger partial charge in [0, 0.05) is 5.56 Å². The molecule has 2 aromatic heterocycles. The number of fused-ring (bicyclic) bond motifs is 1. The molecule has 0 saturated carbocycles. The Morgan fingerprint density at radius 1 is 1.16 bits per heavy atom. The Bertz CT molecular complexity index is 907. The van der Waals surface area contributed by atoms with Crippen molar-refractivity contribution < 1.29 is 18.5 Å². The number of Topliss-reactive ketones (excluding diaryl/α,β-unsaturated/α-hetero) is 1. The summed E-state index contributed by atoms with van der Waals surface area (Å²) in [5.74, 6) is 1.51. The highest BCUT2D eigenvalue weighted by Crippen LogP contribution is 2.38. The molecule has 1 aromatic carbocycles. The number of ether oxygens (including phenoxy) is 1. The van der Waals surface area contributed by atoms with E-state index in [0.29, 0.717) is 35.0 Å². The summed E-state index contributed by atoms with van der Waals surface area (Å²) in [6.45, 7) is 4.10. The van der Waals surface area contributed by atoms with Crippen LogP contribution in [0, 0.1) is 0 Å². The number of furan rings is 1. The van der Waals surface area contributed by atoms with E-state index in [-0.39, 0.29) is 5.78 Å². The summed E-state index contributed by atoms with van der Waals surface area (Å²) in [6.07, 6.45) is 5.09. The van der Waals surface area contributed by atoms with E-state index in [9.17, 15) is 4.79 Å². The maximum absolute atomic E-state index is 12.6. The van der Waals surface area contributed by atoms with E-state index in [1.165, 1.54) is 0 Å². The highest BCUT2D eigenvalue weighted by atomic mass is 16.5. The lowest BCUT2D eigenvalue weighted by Crippen LogP contribution is -2.40. The number of rotatable bonds is 4. The molecule has 0 aliphatic carbocycles. The van der Waals surface area contributed by atoms with E-state index in [4.69, 9.17) is 13.7 Å². The van der Waals surface area contributed by atoms with Crippen LogP contribution in [0.2, 0.25) is 0 Å². The highest BCUT2D eigenvalue weighted by molar-refractivity contribution is 6.01. The molecule has 128 valence electrons. The second-order valence-electron chi connectivity index (χ2n) is 6.24. The van der Waals surface area contributed by atoms with Gasteiger partial charge < -0.3 is 13.7 Å². The minimum Gasteiger partial charge on any atom is -0.486 e. The molecule has 0 unspecified atom stereocenters. The molecule has 4 rings (SSSR count). The molecule has 25 heavy (non-hydrogen) atoms. The van der Waals surface area contributed by atoms with Gasteiger partial charge in [-0.1, -0.05) is 19.0 Å². The molecule has 0 bridgehead atoms. The zero-order valence-electron chi connectivity index (χ0n) is 14.1. The van der Waals surface area contributed by atoms with Gasteiger partial charge in [0.25, 0.3) is 5.89 Å². The number of hydrogen-bond donors (Lipinski definition) is 0. The molecule has 3 heterocycles. The quantitative estimate of drug-likeness (QED) is 0.696. The van der Waals surface area contributed by atoms with Gasteiger partial charge >= 0.3 is 0 Å². The molecular formula is C19H18N2O4. The van der Waals surface area contributed by atoms with Gasteiger partial charge in [0.05, 0.1) is 23.8 Å². The van der Waals surface area contributed by atoms with Crippen molar-refractivity contribution in [1.29, 1.82) is 0 Å². The second kappa shape index (κ2) is 5.88. The van der Waals surface area contributed by atoms with Gasteiger partial charge in [-0.2, -0.15) is 4.98 Å². The van der Waals surface area contributed by atoms with Crippen LogP contribution in [0.1, 0.15) is 43.5 Å². The predicted octanol–water partition coefficient (Wildman–Crippen LogP) is 4.52. The van der Waals surface area contributed by atoms with Gasteiger partial charge in [-0.25, -0.2) is 0 Å². The van der Waals surface area contributed by atoms with Crippen molar-refractivity contribution in [3.05, 3.63) is 42.4 Å². The van der Waals surface area contributed by atoms with Gasteiger partial charge in [0.2, 0.25) is 5.82 Å². The Kier molecular flexibility index (Phi) is 3.67. The van der Waals surface area contributed by atoms with Crippen molar-refractivity contribution in [1.82, 2.24) is 10.1 Å². The molecule has 0 saturated heterocycles. The Balaban J connectivity index is 1.69. The number of carbonyl (C=O) groups is 1. The molecule has 0 fully saturated rings. The number of benzene rings is 1. The lowest BCUT2D eigenvalue weighted by molar-refractivity contribution is 0.0350. The van der Waals surface area contributed by atoms with Crippen LogP contribution >= 0.6 is 0 Å². The fourth-order valence-corrected chi connectivity index (χ4v) is 3.12. The maximum atomic E-state index is 12.6. The predicted molar refractivity (Wildman–Crippen MR) is 90.3 cm³/mol. The van der Waals surface area contributed by atoms with Crippen LogP contribution in [-0.2, 0) is 0 Å². The van der Waals surface area contributed by atoms with Crippen LogP contribution in [-0.4, -0.2) is 21.5 Å². The molecule has 0 N–H and O–H groups in total. The van der Waals surface area contributed by atoms with Gasteiger partial charge in [-0.3, -0.25) is 4.79 Å². The van der Waals surface area contributed by atoms with Gasteiger partial charge in [0.1, 0.15) is 17.6 Å². The lowest BCUT2D eigenvalue weighted by atomic mass is 9.85. The van der Waals surface area contributed by atoms with Gasteiger partial charge in [0.15, 0.2) is 5.78 Å². The largest absolute Gasteiger partial charge is 0.486 e. The normalized spacial score (nSPS) is 15.7. The maximum Gasteiger partial charge on any atom is 0.258 e. The van der Waals surface area contributed by atoms with Crippen molar-refractivity contribution in [2.45, 2.75) is 38.7 Å². The third kappa shape index (κ3) is 2.63. The molecule has 0 amide bonds. The summed E-state index contributed by atoms with van der Waals surface area (Å²) in [5, 5.41) is 3.95. The van der Waals surface area contributed by atoms with Crippen molar-refractivity contribution in [3.63, 3.8) is 0 Å². The van der Waals surface area contributed by atoms with Crippen LogP contribution in [0.25, 0.3) is 22.8 Å². The summed E-state index contributed by atoms with van der Waals surface area (Å²) in [5.41, 5.74) is 1.60. The van der Waals surface area contributed by atoms with Crippen molar-refractivity contribution in [2.24, 2.45) is 0 Å². The van der Waals surface area contributed by atoms with Crippen LogP contribution in [0.15, 0.2) is 45.7 Å². The van der Waals surface area contributed by atoms with Crippen LogP contribution in [0.5, 0.6) is 5.75 Å². The molecule has 0 radical (unpaired) electrons. The van der Waals surface area contributed by atoms with Crippen LogP contribution in [0.3, 0.4) is 0 Å². The van der Waals surface area contributed by atoms with Crippen LogP contribution in [0.4, 0.5) is 0 Å². The number of nitrogens with zero attached hydrogens (tertiary/aromatic N) is 2. The number of aromatic nitrogens is 2. The fraction of sp³-hybridized carbons (Fsp3) is 0.316.